The van der Waals surface area contributed by atoms with E-state index in [1.165, 1.54) is 13.2 Å². The van der Waals surface area contributed by atoms with Crippen molar-refractivity contribution < 1.29 is 19.1 Å². The normalized spacial score (nSPS) is 11.0. The highest BCUT2D eigenvalue weighted by atomic mass is 16.5. The fourth-order valence-electron chi connectivity index (χ4n) is 1.62. The van der Waals surface area contributed by atoms with Crippen LogP contribution in [0, 0.1) is 0 Å². The van der Waals surface area contributed by atoms with E-state index in [2.05, 4.69) is 18.2 Å². The van der Waals surface area contributed by atoms with Gasteiger partial charge in [0, 0.05) is 18.1 Å². The van der Waals surface area contributed by atoms with Crippen molar-refractivity contribution in [3.63, 3.8) is 0 Å². The van der Waals surface area contributed by atoms with Crippen LogP contribution in [0.2, 0.25) is 0 Å². The van der Waals surface area contributed by atoms with E-state index >= 15 is 0 Å². The number of esters is 2. The van der Waals surface area contributed by atoms with Crippen LogP contribution in [0.15, 0.2) is 23.8 Å². The SMILES string of the molecule is C=C(C/C(=C\C(=O)OC)CCCCC)C(=O)OCC. The summed E-state index contributed by atoms with van der Waals surface area (Å²) >= 11 is 0. The maximum atomic E-state index is 11.5. The number of unbranched alkanes of at least 4 members (excludes halogenated alkanes) is 2. The highest BCUT2D eigenvalue weighted by Crippen LogP contribution is 2.18. The molecule has 4 heteroatoms. The Labute approximate surface area is 115 Å². The molecule has 0 aromatic rings. The molecule has 0 aromatic heterocycles. The molecule has 0 saturated heterocycles. The summed E-state index contributed by atoms with van der Waals surface area (Å²) in [5.41, 5.74) is 1.23. The largest absolute Gasteiger partial charge is 0.466 e. The van der Waals surface area contributed by atoms with Gasteiger partial charge in [0.15, 0.2) is 0 Å². The van der Waals surface area contributed by atoms with Crippen molar-refractivity contribution in [3.8, 4) is 0 Å². The van der Waals surface area contributed by atoms with Crippen molar-refractivity contribution in [1.29, 1.82) is 0 Å². The lowest BCUT2D eigenvalue weighted by molar-refractivity contribution is -0.138. The van der Waals surface area contributed by atoms with Crippen LogP contribution in [0.3, 0.4) is 0 Å². The van der Waals surface area contributed by atoms with Gasteiger partial charge in [0.1, 0.15) is 0 Å². The summed E-state index contributed by atoms with van der Waals surface area (Å²) in [6.45, 7) is 7.89. The number of ether oxygens (including phenoxy) is 2. The average molecular weight is 268 g/mol. The maximum absolute atomic E-state index is 11.5. The number of methoxy groups -OCH3 is 1. The van der Waals surface area contributed by atoms with Gasteiger partial charge in [-0.15, -0.1) is 0 Å². The molecule has 0 aliphatic carbocycles. The molecule has 0 saturated carbocycles. The lowest BCUT2D eigenvalue weighted by Gasteiger charge is -2.09. The summed E-state index contributed by atoms with van der Waals surface area (Å²) in [7, 11) is 1.34. The van der Waals surface area contributed by atoms with Gasteiger partial charge in [0.25, 0.3) is 0 Å². The van der Waals surface area contributed by atoms with E-state index in [-0.39, 0.29) is 0 Å². The van der Waals surface area contributed by atoms with Gasteiger partial charge in [-0.1, -0.05) is 31.9 Å². The zero-order chi connectivity index (χ0) is 14.7. The molecule has 0 spiro atoms. The first kappa shape index (κ1) is 17.4. The van der Waals surface area contributed by atoms with E-state index in [1.807, 2.05) is 0 Å². The van der Waals surface area contributed by atoms with E-state index < -0.39 is 11.9 Å². The summed E-state index contributed by atoms with van der Waals surface area (Å²) in [5.74, 6) is -0.808. The van der Waals surface area contributed by atoms with Crippen LogP contribution in [0.25, 0.3) is 0 Å². The second-order valence-electron chi connectivity index (χ2n) is 4.28. The Bertz CT molecular complexity index is 342. The van der Waals surface area contributed by atoms with Gasteiger partial charge in [0.05, 0.1) is 13.7 Å². The van der Waals surface area contributed by atoms with E-state index in [1.54, 1.807) is 6.92 Å². The molecular weight excluding hydrogens is 244 g/mol. The number of hydrogen-bond donors (Lipinski definition) is 0. The van der Waals surface area contributed by atoms with Crippen molar-refractivity contribution in [2.45, 2.75) is 46.0 Å². The highest BCUT2D eigenvalue weighted by molar-refractivity contribution is 5.89. The minimum atomic E-state index is -0.409. The fourth-order valence-corrected chi connectivity index (χ4v) is 1.62. The number of allylic oxidation sites excluding steroid dienone is 1. The van der Waals surface area contributed by atoms with Crippen LogP contribution in [0.1, 0.15) is 46.0 Å². The first-order valence-electron chi connectivity index (χ1n) is 6.67. The summed E-state index contributed by atoms with van der Waals surface area (Å²) in [4.78, 5) is 22.8. The van der Waals surface area contributed by atoms with Crippen molar-refractivity contribution in [3.05, 3.63) is 23.8 Å². The Morgan fingerprint density at radius 2 is 1.89 bits per heavy atom. The Balaban J connectivity index is 4.57. The lowest BCUT2D eigenvalue weighted by Crippen LogP contribution is -2.08. The fraction of sp³-hybridized carbons (Fsp3) is 0.600. The molecule has 0 aliphatic heterocycles. The third kappa shape index (κ3) is 8.19. The van der Waals surface area contributed by atoms with Crippen molar-refractivity contribution in [2.24, 2.45) is 0 Å². The number of rotatable bonds is 9. The molecule has 0 heterocycles. The standard InChI is InChI=1S/C15H24O4/c1-5-7-8-9-13(11-14(16)18-4)10-12(3)15(17)19-6-2/h11H,3,5-10H2,1-2,4H3/b13-11-. The van der Waals surface area contributed by atoms with Crippen molar-refractivity contribution >= 4 is 11.9 Å². The molecule has 0 fully saturated rings. The van der Waals surface area contributed by atoms with Gasteiger partial charge in [-0.05, 0) is 19.8 Å². The van der Waals surface area contributed by atoms with Crippen LogP contribution in [-0.2, 0) is 19.1 Å². The van der Waals surface area contributed by atoms with Gasteiger partial charge < -0.3 is 9.47 Å². The molecular formula is C15H24O4. The third-order valence-electron chi connectivity index (χ3n) is 2.63. The van der Waals surface area contributed by atoms with Gasteiger partial charge in [-0.25, -0.2) is 9.59 Å². The number of carbonyl (C=O) groups is 2. The minimum absolute atomic E-state index is 0.323. The van der Waals surface area contributed by atoms with Gasteiger partial charge in [-0.3, -0.25) is 0 Å². The molecule has 4 nitrogen and oxygen atoms in total. The Morgan fingerprint density at radius 1 is 1.21 bits per heavy atom. The summed E-state index contributed by atoms with van der Waals surface area (Å²) < 4.78 is 9.50. The molecule has 19 heavy (non-hydrogen) atoms. The Hall–Kier alpha value is -1.58. The van der Waals surface area contributed by atoms with Gasteiger partial charge in [-0.2, -0.15) is 0 Å². The second-order valence-corrected chi connectivity index (χ2v) is 4.28. The third-order valence-corrected chi connectivity index (χ3v) is 2.63. The van der Waals surface area contributed by atoms with Crippen LogP contribution in [-0.4, -0.2) is 25.7 Å². The minimum Gasteiger partial charge on any atom is -0.466 e. The molecule has 108 valence electrons. The summed E-state index contributed by atoms with van der Waals surface area (Å²) in [6, 6.07) is 0. The molecule has 0 aromatic carbocycles. The van der Waals surface area contributed by atoms with E-state index in [9.17, 15) is 9.59 Å². The Kier molecular flexibility index (Phi) is 9.49. The van der Waals surface area contributed by atoms with E-state index in [0.29, 0.717) is 18.6 Å². The van der Waals surface area contributed by atoms with Crippen molar-refractivity contribution in [2.75, 3.05) is 13.7 Å². The smallest absolute Gasteiger partial charge is 0.333 e. The molecule has 0 aliphatic rings. The molecule has 0 amide bonds. The van der Waals surface area contributed by atoms with Gasteiger partial charge >= 0.3 is 11.9 Å². The van der Waals surface area contributed by atoms with Crippen molar-refractivity contribution in [1.82, 2.24) is 0 Å². The second kappa shape index (κ2) is 10.4. The number of hydrogen-bond acceptors (Lipinski definition) is 4. The van der Waals surface area contributed by atoms with Crippen LogP contribution < -0.4 is 0 Å². The summed E-state index contributed by atoms with van der Waals surface area (Å²) in [6.07, 6.45) is 5.74. The zero-order valence-electron chi connectivity index (χ0n) is 12.2. The molecule has 0 rings (SSSR count). The molecule has 0 unspecified atom stereocenters. The zero-order valence-corrected chi connectivity index (χ0v) is 12.2. The quantitative estimate of drug-likeness (QED) is 0.366. The molecule has 0 radical (unpaired) electrons. The van der Waals surface area contributed by atoms with Gasteiger partial charge in [0.2, 0.25) is 0 Å². The summed E-state index contributed by atoms with van der Waals surface area (Å²) in [5, 5.41) is 0. The average Bonchev–Trinajstić information content (AvgIpc) is 2.38. The van der Waals surface area contributed by atoms with Crippen LogP contribution >= 0.6 is 0 Å². The number of carbonyl (C=O) groups excluding carboxylic acids is 2. The lowest BCUT2D eigenvalue weighted by atomic mass is 10.00. The predicted octanol–water partition coefficient (Wildman–Crippen LogP) is 3.18. The Morgan fingerprint density at radius 3 is 2.42 bits per heavy atom. The monoisotopic (exact) mass is 268 g/mol. The van der Waals surface area contributed by atoms with Crippen LogP contribution in [0.4, 0.5) is 0 Å². The highest BCUT2D eigenvalue weighted by Gasteiger charge is 2.11. The topological polar surface area (TPSA) is 52.6 Å². The van der Waals surface area contributed by atoms with E-state index in [0.717, 1.165) is 31.3 Å². The molecule has 0 N–H and O–H groups in total. The van der Waals surface area contributed by atoms with Crippen LogP contribution in [0.5, 0.6) is 0 Å². The maximum Gasteiger partial charge on any atom is 0.333 e. The molecule has 0 bridgehead atoms. The predicted molar refractivity (Wildman–Crippen MR) is 74.6 cm³/mol. The first-order valence-corrected chi connectivity index (χ1v) is 6.67. The molecule has 0 atom stereocenters. The first-order chi connectivity index (χ1) is 9.04. The van der Waals surface area contributed by atoms with E-state index in [4.69, 9.17) is 4.74 Å².